The Kier molecular flexibility index (Phi) is 4.39. The van der Waals surface area contributed by atoms with Gasteiger partial charge in [0.15, 0.2) is 0 Å². The summed E-state index contributed by atoms with van der Waals surface area (Å²) < 4.78 is 0. The summed E-state index contributed by atoms with van der Waals surface area (Å²) in [5, 5.41) is 12.7. The largest absolute Gasteiger partial charge is 0.393 e. The van der Waals surface area contributed by atoms with E-state index in [0.717, 1.165) is 25.8 Å². The summed E-state index contributed by atoms with van der Waals surface area (Å²) in [4.78, 5) is 14.0. The molecular formula is C15H28N2O2. The molecule has 0 aromatic carbocycles. The Balaban J connectivity index is 1.76. The van der Waals surface area contributed by atoms with Gasteiger partial charge in [0, 0.05) is 25.0 Å². The molecule has 2 aliphatic rings. The molecule has 2 fully saturated rings. The molecule has 19 heavy (non-hydrogen) atoms. The molecular weight excluding hydrogens is 240 g/mol. The van der Waals surface area contributed by atoms with E-state index in [4.69, 9.17) is 0 Å². The summed E-state index contributed by atoms with van der Waals surface area (Å²) in [6.45, 7) is 7.90. The van der Waals surface area contributed by atoms with Crippen LogP contribution in [-0.4, -0.2) is 41.3 Å². The van der Waals surface area contributed by atoms with Gasteiger partial charge in [-0.15, -0.1) is 0 Å². The Morgan fingerprint density at radius 2 is 1.95 bits per heavy atom. The maximum atomic E-state index is 12.2. The van der Waals surface area contributed by atoms with Gasteiger partial charge in [0.25, 0.3) is 0 Å². The van der Waals surface area contributed by atoms with Crippen molar-refractivity contribution in [2.24, 2.45) is 11.3 Å². The first kappa shape index (κ1) is 14.6. The predicted octanol–water partition coefficient (Wildman–Crippen LogP) is 2.37. The van der Waals surface area contributed by atoms with Gasteiger partial charge >= 0.3 is 6.03 Å². The molecule has 4 nitrogen and oxygen atoms in total. The molecule has 1 aliphatic carbocycles. The van der Waals surface area contributed by atoms with Gasteiger partial charge in [0.05, 0.1) is 6.10 Å². The fourth-order valence-electron chi connectivity index (χ4n) is 3.18. The fraction of sp³-hybridized carbons (Fsp3) is 0.933. The van der Waals surface area contributed by atoms with Gasteiger partial charge < -0.3 is 15.3 Å². The Morgan fingerprint density at radius 1 is 1.32 bits per heavy atom. The lowest BCUT2D eigenvalue weighted by atomic mass is 9.76. The first-order valence-corrected chi connectivity index (χ1v) is 7.61. The number of hydrogen-bond acceptors (Lipinski definition) is 2. The molecule has 4 heteroatoms. The summed E-state index contributed by atoms with van der Waals surface area (Å²) >= 11 is 0. The summed E-state index contributed by atoms with van der Waals surface area (Å²) in [5.74, 6) is 0.246. The van der Waals surface area contributed by atoms with Crippen molar-refractivity contribution in [2.45, 2.75) is 65.0 Å². The SMILES string of the molecule is CC(O)C1CCN(C(=O)NC2CCC(C)(C)CC2)C1. The zero-order valence-corrected chi connectivity index (χ0v) is 12.5. The average molecular weight is 268 g/mol. The molecule has 1 aliphatic heterocycles. The van der Waals surface area contributed by atoms with Crippen molar-refractivity contribution >= 4 is 6.03 Å². The Hall–Kier alpha value is -0.770. The highest BCUT2D eigenvalue weighted by Crippen LogP contribution is 2.35. The maximum Gasteiger partial charge on any atom is 0.317 e. The van der Waals surface area contributed by atoms with Crippen molar-refractivity contribution in [3.63, 3.8) is 0 Å². The van der Waals surface area contributed by atoms with Crippen LogP contribution in [0.3, 0.4) is 0 Å². The van der Waals surface area contributed by atoms with Gasteiger partial charge in [-0.2, -0.15) is 0 Å². The van der Waals surface area contributed by atoms with E-state index in [1.807, 2.05) is 11.8 Å². The molecule has 0 aromatic heterocycles. The van der Waals surface area contributed by atoms with Gasteiger partial charge in [-0.05, 0) is 44.4 Å². The molecule has 2 rings (SSSR count). The van der Waals surface area contributed by atoms with Crippen LogP contribution >= 0.6 is 0 Å². The number of aliphatic hydroxyl groups is 1. The van der Waals surface area contributed by atoms with E-state index in [0.29, 0.717) is 18.0 Å². The highest BCUT2D eigenvalue weighted by molar-refractivity contribution is 5.74. The second-order valence-corrected chi connectivity index (χ2v) is 7.12. The summed E-state index contributed by atoms with van der Waals surface area (Å²) in [6, 6.07) is 0.402. The molecule has 2 unspecified atom stereocenters. The lowest BCUT2D eigenvalue weighted by molar-refractivity contribution is 0.128. The number of urea groups is 1. The third-order valence-corrected chi connectivity index (χ3v) is 4.86. The van der Waals surface area contributed by atoms with Crippen molar-refractivity contribution in [1.82, 2.24) is 10.2 Å². The summed E-state index contributed by atoms with van der Waals surface area (Å²) in [7, 11) is 0. The van der Waals surface area contributed by atoms with Gasteiger partial charge in [0.1, 0.15) is 0 Å². The third kappa shape index (κ3) is 3.85. The van der Waals surface area contributed by atoms with Crippen LogP contribution in [0.5, 0.6) is 0 Å². The van der Waals surface area contributed by atoms with E-state index in [1.165, 1.54) is 12.8 Å². The predicted molar refractivity (Wildman–Crippen MR) is 75.9 cm³/mol. The molecule has 0 aromatic rings. The highest BCUT2D eigenvalue weighted by Gasteiger charge is 2.32. The average Bonchev–Trinajstić information content (AvgIpc) is 2.81. The van der Waals surface area contributed by atoms with Gasteiger partial charge in [-0.25, -0.2) is 4.79 Å². The quantitative estimate of drug-likeness (QED) is 0.808. The van der Waals surface area contributed by atoms with Crippen LogP contribution in [0.2, 0.25) is 0 Å². The normalized spacial score (nSPS) is 29.3. The monoisotopic (exact) mass is 268 g/mol. The highest BCUT2D eigenvalue weighted by atomic mass is 16.3. The number of carbonyl (C=O) groups excluding carboxylic acids is 1. The zero-order valence-electron chi connectivity index (χ0n) is 12.5. The van der Waals surface area contributed by atoms with Gasteiger partial charge in [0.2, 0.25) is 0 Å². The van der Waals surface area contributed by atoms with E-state index >= 15 is 0 Å². The lowest BCUT2D eigenvalue weighted by Crippen LogP contribution is -2.46. The van der Waals surface area contributed by atoms with Crippen molar-refractivity contribution < 1.29 is 9.90 Å². The molecule has 1 saturated carbocycles. The lowest BCUT2D eigenvalue weighted by Gasteiger charge is -2.35. The summed E-state index contributed by atoms with van der Waals surface area (Å²) in [5.41, 5.74) is 0.437. The smallest absolute Gasteiger partial charge is 0.317 e. The number of hydrogen-bond donors (Lipinski definition) is 2. The Morgan fingerprint density at radius 3 is 2.47 bits per heavy atom. The topological polar surface area (TPSA) is 52.6 Å². The number of nitrogens with one attached hydrogen (secondary N) is 1. The van der Waals surface area contributed by atoms with Crippen LogP contribution in [0.4, 0.5) is 4.79 Å². The van der Waals surface area contributed by atoms with Crippen molar-refractivity contribution in [3.05, 3.63) is 0 Å². The maximum absolute atomic E-state index is 12.2. The van der Waals surface area contributed by atoms with E-state index in [1.54, 1.807) is 0 Å². The van der Waals surface area contributed by atoms with E-state index < -0.39 is 0 Å². The minimum atomic E-state index is -0.312. The number of amides is 2. The summed E-state index contributed by atoms with van der Waals surface area (Å²) in [6.07, 6.45) is 5.16. The van der Waals surface area contributed by atoms with E-state index in [-0.39, 0.29) is 18.1 Å². The third-order valence-electron chi connectivity index (χ3n) is 4.86. The van der Waals surface area contributed by atoms with Gasteiger partial charge in [-0.3, -0.25) is 0 Å². The number of aliphatic hydroxyl groups excluding tert-OH is 1. The second kappa shape index (κ2) is 5.70. The number of likely N-dealkylation sites (tertiary alicyclic amines) is 1. The molecule has 110 valence electrons. The van der Waals surface area contributed by atoms with Crippen LogP contribution < -0.4 is 5.32 Å². The van der Waals surface area contributed by atoms with E-state index in [9.17, 15) is 9.90 Å². The standard InChI is InChI=1S/C15H28N2O2/c1-11(18)12-6-9-17(10-12)14(19)16-13-4-7-15(2,3)8-5-13/h11-13,18H,4-10H2,1-3H3,(H,16,19). The molecule has 2 atom stereocenters. The number of rotatable bonds is 2. The zero-order chi connectivity index (χ0) is 14.0. The molecule has 1 saturated heterocycles. The van der Waals surface area contributed by atoms with Crippen LogP contribution in [0.1, 0.15) is 52.9 Å². The Bertz CT molecular complexity index is 318. The van der Waals surface area contributed by atoms with Crippen molar-refractivity contribution in [3.8, 4) is 0 Å². The Labute approximate surface area is 116 Å². The second-order valence-electron chi connectivity index (χ2n) is 7.12. The van der Waals surface area contributed by atoms with Crippen molar-refractivity contribution in [1.29, 1.82) is 0 Å². The van der Waals surface area contributed by atoms with Crippen LogP contribution in [0.15, 0.2) is 0 Å². The molecule has 1 heterocycles. The minimum Gasteiger partial charge on any atom is -0.393 e. The fourth-order valence-corrected chi connectivity index (χ4v) is 3.18. The van der Waals surface area contributed by atoms with Gasteiger partial charge in [-0.1, -0.05) is 13.8 Å². The van der Waals surface area contributed by atoms with Crippen LogP contribution in [0.25, 0.3) is 0 Å². The molecule has 2 amide bonds. The molecule has 2 N–H and O–H groups in total. The molecule has 0 bridgehead atoms. The van der Waals surface area contributed by atoms with E-state index in [2.05, 4.69) is 19.2 Å². The molecule has 0 spiro atoms. The first-order valence-electron chi connectivity index (χ1n) is 7.61. The number of nitrogens with zero attached hydrogens (tertiary/aromatic N) is 1. The first-order chi connectivity index (χ1) is 8.87. The minimum absolute atomic E-state index is 0.0628. The molecule has 0 radical (unpaired) electrons. The van der Waals surface area contributed by atoms with Crippen molar-refractivity contribution in [2.75, 3.05) is 13.1 Å². The van der Waals surface area contributed by atoms with Crippen LogP contribution in [0, 0.1) is 11.3 Å². The van der Waals surface area contributed by atoms with Crippen LogP contribution in [-0.2, 0) is 0 Å². The number of carbonyl (C=O) groups is 1.